The van der Waals surface area contributed by atoms with Crippen LogP contribution < -0.4 is 4.74 Å². The van der Waals surface area contributed by atoms with E-state index in [9.17, 15) is 0 Å². The van der Waals surface area contributed by atoms with Crippen molar-refractivity contribution in [3.63, 3.8) is 0 Å². The number of benzene rings is 1. The second kappa shape index (κ2) is 8.15. The maximum absolute atomic E-state index is 5.72. The maximum Gasteiger partial charge on any atom is 0.119 e. The molecule has 0 spiro atoms. The van der Waals surface area contributed by atoms with Gasteiger partial charge in [0.25, 0.3) is 0 Å². The van der Waals surface area contributed by atoms with E-state index >= 15 is 0 Å². The number of rotatable bonds is 7. The maximum atomic E-state index is 5.72. The quantitative estimate of drug-likeness (QED) is 0.248. The van der Waals surface area contributed by atoms with E-state index in [4.69, 9.17) is 17.0 Å². The van der Waals surface area contributed by atoms with Gasteiger partial charge < -0.3 is 4.74 Å². The van der Waals surface area contributed by atoms with Gasteiger partial charge in [0.05, 0.1) is 6.61 Å². The van der Waals surface area contributed by atoms with Gasteiger partial charge in [-0.2, -0.15) is 0 Å². The Balaban J connectivity index is 1.86. The normalized spacial score (nSPS) is 10.6. The monoisotopic (exact) mass is 374 g/mol. The molecule has 19 heavy (non-hydrogen) atoms. The molecule has 0 aliphatic heterocycles. The van der Waals surface area contributed by atoms with Crippen molar-refractivity contribution < 1.29 is 4.74 Å². The molecule has 0 fully saturated rings. The van der Waals surface area contributed by atoms with Crippen LogP contribution in [0.4, 0.5) is 0 Å². The minimum absolute atomic E-state index is 0.795. The van der Waals surface area contributed by atoms with Crippen LogP contribution in [-0.4, -0.2) is 11.9 Å². The smallest absolute Gasteiger partial charge is 0.119 e. The molecule has 102 valence electrons. The Labute approximate surface area is 134 Å². The van der Waals surface area contributed by atoms with Gasteiger partial charge in [-0.15, -0.1) is 0 Å². The van der Waals surface area contributed by atoms with Gasteiger partial charge in [-0.25, -0.2) is 0 Å². The molecule has 0 bridgehead atoms. The predicted molar refractivity (Wildman–Crippen MR) is 91.6 cm³/mol. The molecule has 0 aliphatic rings. The molecule has 1 aromatic heterocycles. The van der Waals surface area contributed by atoms with Gasteiger partial charge in [-0.1, -0.05) is 48.8 Å². The van der Waals surface area contributed by atoms with Crippen LogP contribution in [0.5, 0.6) is 5.75 Å². The van der Waals surface area contributed by atoms with E-state index in [1.165, 1.54) is 23.3 Å². The van der Waals surface area contributed by atoms with E-state index in [-0.39, 0.29) is 0 Å². The van der Waals surface area contributed by atoms with E-state index in [1.807, 2.05) is 12.1 Å². The summed E-state index contributed by atoms with van der Waals surface area (Å²) in [5.41, 5.74) is 1.21. The first kappa shape index (κ1) is 15.2. The van der Waals surface area contributed by atoms with Crippen molar-refractivity contribution in [2.24, 2.45) is 0 Å². The molecule has 1 nitrogen and oxygen atoms in total. The fraction of sp³-hybridized carbons (Fsp3) is 0.357. The van der Waals surface area contributed by atoms with Gasteiger partial charge in [-0.3, -0.25) is 0 Å². The second-order valence-electron chi connectivity index (χ2n) is 4.12. The van der Waals surface area contributed by atoms with Crippen LogP contribution in [0.3, 0.4) is 0 Å². The number of alkyl halides is 1. The average molecular weight is 375 g/mol. The highest BCUT2D eigenvalue weighted by Crippen LogP contribution is 2.30. The van der Waals surface area contributed by atoms with Crippen molar-refractivity contribution >= 4 is 48.8 Å². The first-order chi connectivity index (χ1) is 9.29. The Morgan fingerprint density at radius 2 is 1.84 bits per heavy atom. The lowest BCUT2D eigenvalue weighted by atomic mass is 10.2. The van der Waals surface area contributed by atoms with Crippen LogP contribution >= 0.6 is 48.8 Å². The highest BCUT2D eigenvalue weighted by molar-refractivity contribution is 9.09. The molecule has 2 rings (SSSR count). The van der Waals surface area contributed by atoms with Crippen molar-refractivity contribution in [3.05, 3.63) is 34.2 Å². The molecule has 2 aromatic rings. The summed E-state index contributed by atoms with van der Waals surface area (Å²) >= 11 is 8.58. The number of hydrogen-bond donors (Lipinski definition) is 0. The second-order valence-corrected chi connectivity index (χ2v) is 7.82. The van der Waals surface area contributed by atoms with Crippen LogP contribution in [0.15, 0.2) is 30.3 Å². The van der Waals surface area contributed by atoms with E-state index in [0.29, 0.717) is 0 Å². The molecule has 0 radical (unpaired) electrons. The molecule has 1 aromatic carbocycles. The summed E-state index contributed by atoms with van der Waals surface area (Å²) in [7, 11) is 3.37. The zero-order valence-electron chi connectivity index (χ0n) is 10.4. The molecule has 0 unspecified atom stereocenters. The molecule has 0 N–H and O–H groups in total. The van der Waals surface area contributed by atoms with Crippen molar-refractivity contribution in [3.8, 4) is 16.2 Å². The van der Waals surface area contributed by atoms with Crippen molar-refractivity contribution in [2.75, 3.05) is 11.9 Å². The van der Waals surface area contributed by atoms with Crippen LogP contribution in [-0.2, 0) is 0 Å². The minimum Gasteiger partial charge on any atom is -0.494 e. The van der Waals surface area contributed by atoms with Crippen LogP contribution in [0.2, 0.25) is 0 Å². The highest BCUT2D eigenvalue weighted by Gasteiger charge is 2.01. The first-order valence-electron chi connectivity index (χ1n) is 6.19. The molecule has 0 saturated carbocycles. The van der Waals surface area contributed by atoms with Gasteiger partial charge in [0.15, 0.2) is 0 Å². The standard InChI is InChI=1S/C14H15BrOS3/c15-8-2-1-3-9-16-12-6-4-11(5-7-12)13-10-14(17)19-18-13/h4-7,10H,1-3,8-9H2. The van der Waals surface area contributed by atoms with Crippen LogP contribution in [0.1, 0.15) is 19.3 Å². The third-order valence-corrected chi connectivity index (χ3v) is 6.12. The number of hydrogen-bond acceptors (Lipinski definition) is 4. The lowest BCUT2D eigenvalue weighted by molar-refractivity contribution is 0.306. The first-order valence-corrected chi connectivity index (χ1v) is 9.87. The van der Waals surface area contributed by atoms with E-state index in [1.54, 1.807) is 20.7 Å². The number of unbranched alkanes of at least 4 members (excludes halogenated alkanes) is 2. The van der Waals surface area contributed by atoms with Crippen molar-refractivity contribution in [2.45, 2.75) is 19.3 Å². The van der Waals surface area contributed by atoms with Gasteiger partial charge in [0.1, 0.15) is 9.57 Å². The van der Waals surface area contributed by atoms with Gasteiger partial charge in [0, 0.05) is 10.2 Å². The topological polar surface area (TPSA) is 9.23 Å². The van der Waals surface area contributed by atoms with Crippen LogP contribution in [0.25, 0.3) is 10.4 Å². The lowest BCUT2D eigenvalue weighted by Crippen LogP contribution is -1.97. The Hall–Kier alpha value is -0.230. The molecule has 5 heteroatoms. The summed E-state index contributed by atoms with van der Waals surface area (Å²) in [6.45, 7) is 0.795. The molecule has 0 saturated heterocycles. The molecule has 0 amide bonds. The van der Waals surface area contributed by atoms with Gasteiger partial charge in [-0.05, 0) is 55.2 Å². The fourth-order valence-electron chi connectivity index (χ4n) is 1.65. The van der Waals surface area contributed by atoms with E-state index < -0.39 is 0 Å². The summed E-state index contributed by atoms with van der Waals surface area (Å²) in [6, 6.07) is 10.3. The van der Waals surface area contributed by atoms with Crippen molar-refractivity contribution in [1.82, 2.24) is 0 Å². The Morgan fingerprint density at radius 1 is 1.05 bits per heavy atom. The SMILES string of the molecule is S=c1cc(-c2ccc(OCCCCCBr)cc2)ss1. The van der Waals surface area contributed by atoms with Crippen LogP contribution in [0, 0.1) is 3.82 Å². The van der Waals surface area contributed by atoms with Crippen molar-refractivity contribution in [1.29, 1.82) is 0 Å². The van der Waals surface area contributed by atoms with Gasteiger partial charge >= 0.3 is 0 Å². The molecular formula is C14H15BrOS3. The summed E-state index contributed by atoms with van der Waals surface area (Å²) < 4.78 is 6.67. The number of halogens is 1. The largest absolute Gasteiger partial charge is 0.494 e. The summed E-state index contributed by atoms with van der Waals surface area (Å²) in [4.78, 5) is 1.24. The average Bonchev–Trinajstić information content (AvgIpc) is 2.86. The van der Waals surface area contributed by atoms with E-state index in [0.717, 1.165) is 27.9 Å². The fourth-order valence-corrected chi connectivity index (χ4v) is 4.45. The third kappa shape index (κ3) is 4.99. The summed E-state index contributed by atoms with van der Waals surface area (Å²) in [5, 5.41) is 1.08. The third-order valence-electron chi connectivity index (χ3n) is 2.65. The van der Waals surface area contributed by atoms with E-state index in [2.05, 4.69) is 34.1 Å². The molecular weight excluding hydrogens is 360 g/mol. The summed E-state index contributed by atoms with van der Waals surface area (Å²) in [5.74, 6) is 0.946. The zero-order valence-corrected chi connectivity index (χ0v) is 14.5. The predicted octanol–water partition coefficient (Wildman–Crippen LogP) is 6.15. The lowest BCUT2D eigenvalue weighted by Gasteiger charge is -2.06. The number of ether oxygens (including phenoxy) is 1. The Kier molecular flexibility index (Phi) is 6.50. The zero-order chi connectivity index (χ0) is 13.5. The highest BCUT2D eigenvalue weighted by atomic mass is 79.9. The minimum atomic E-state index is 0.795. The Morgan fingerprint density at radius 3 is 2.47 bits per heavy atom. The molecule has 0 atom stereocenters. The Bertz CT molecular complexity index is 544. The van der Waals surface area contributed by atoms with Gasteiger partial charge in [0.2, 0.25) is 0 Å². The summed E-state index contributed by atoms with van der Waals surface area (Å²) in [6.07, 6.45) is 3.53. The molecule has 1 heterocycles. The molecule has 0 aliphatic carbocycles.